The molecule has 0 saturated carbocycles. The first-order valence-electron chi connectivity index (χ1n) is 9.16. The van der Waals surface area contributed by atoms with E-state index in [1.807, 2.05) is 25.2 Å². The molecule has 0 saturated heterocycles. The van der Waals surface area contributed by atoms with Crippen molar-refractivity contribution in [3.05, 3.63) is 59.0 Å². The second-order valence-corrected chi connectivity index (χ2v) is 7.14. The molecular weight excluding hydrogens is 327 g/mol. The van der Waals surface area contributed by atoms with Crippen molar-refractivity contribution >= 4 is 22.3 Å². The Morgan fingerprint density at radius 2 is 2.04 bits per heavy atom. The van der Waals surface area contributed by atoms with Crippen molar-refractivity contribution in [2.24, 2.45) is 0 Å². The lowest BCUT2D eigenvalue weighted by Gasteiger charge is -2.30. The molecule has 0 bridgehead atoms. The molecular formula is C21H25FN4. The Morgan fingerprint density at radius 3 is 2.81 bits per heavy atom. The fourth-order valence-corrected chi connectivity index (χ4v) is 3.83. The maximum absolute atomic E-state index is 13.5. The van der Waals surface area contributed by atoms with Crippen LogP contribution in [0, 0.1) is 5.82 Å². The minimum absolute atomic E-state index is 0.192. The molecule has 1 aliphatic rings. The molecule has 0 fully saturated rings. The Morgan fingerprint density at radius 1 is 1.19 bits per heavy atom. The van der Waals surface area contributed by atoms with Crippen molar-refractivity contribution in [3.8, 4) is 0 Å². The van der Waals surface area contributed by atoms with E-state index in [1.165, 1.54) is 22.5 Å². The van der Waals surface area contributed by atoms with Gasteiger partial charge in [-0.05, 0) is 42.3 Å². The molecule has 5 heteroatoms. The van der Waals surface area contributed by atoms with Crippen LogP contribution in [0.2, 0.25) is 0 Å². The molecule has 3 aromatic rings. The molecule has 2 aromatic carbocycles. The van der Waals surface area contributed by atoms with Gasteiger partial charge in [-0.2, -0.15) is 0 Å². The van der Waals surface area contributed by atoms with Crippen LogP contribution in [0.4, 0.5) is 15.8 Å². The molecule has 136 valence electrons. The summed E-state index contributed by atoms with van der Waals surface area (Å²) in [5, 5.41) is 3.10. The highest BCUT2D eigenvalue weighted by molar-refractivity contribution is 5.85. The van der Waals surface area contributed by atoms with Crippen molar-refractivity contribution in [1.82, 2.24) is 9.99 Å². The lowest BCUT2D eigenvalue weighted by Crippen LogP contribution is -2.30. The highest BCUT2D eigenvalue weighted by Gasteiger charge is 2.21. The van der Waals surface area contributed by atoms with Gasteiger partial charge in [-0.25, -0.2) is 9.40 Å². The summed E-state index contributed by atoms with van der Waals surface area (Å²) in [5.41, 5.74) is 10.5. The van der Waals surface area contributed by atoms with E-state index in [4.69, 9.17) is 0 Å². The average molecular weight is 352 g/mol. The number of nitrogens with zero attached hydrogens (tertiary/aromatic N) is 2. The summed E-state index contributed by atoms with van der Waals surface area (Å²) in [4.78, 5) is 5.80. The molecule has 1 aliphatic heterocycles. The zero-order valence-corrected chi connectivity index (χ0v) is 15.6. The van der Waals surface area contributed by atoms with Crippen LogP contribution >= 0.6 is 0 Å². The molecule has 0 aliphatic carbocycles. The predicted octanol–water partition coefficient (Wildman–Crippen LogP) is 4.32. The van der Waals surface area contributed by atoms with Crippen LogP contribution in [-0.4, -0.2) is 30.6 Å². The quantitative estimate of drug-likeness (QED) is 0.686. The van der Waals surface area contributed by atoms with Crippen molar-refractivity contribution in [3.63, 3.8) is 0 Å². The summed E-state index contributed by atoms with van der Waals surface area (Å²) in [6.45, 7) is 3.97. The third-order valence-electron chi connectivity index (χ3n) is 5.12. The normalized spacial score (nSPS) is 14.1. The highest BCUT2D eigenvalue weighted by atomic mass is 19.1. The molecule has 0 radical (unpaired) electrons. The van der Waals surface area contributed by atoms with Gasteiger partial charge in [-0.3, -0.25) is 0 Å². The number of hydrogen-bond donors (Lipinski definition) is 2. The van der Waals surface area contributed by atoms with E-state index in [9.17, 15) is 4.39 Å². The van der Waals surface area contributed by atoms with Crippen molar-refractivity contribution in [2.75, 3.05) is 31.0 Å². The number of H-pyrrole nitrogens is 1. The second-order valence-electron chi connectivity index (χ2n) is 7.14. The number of aryl methyl sites for hydroxylation is 1. The zero-order valence-electron chi connectivity index (χ0n) is 15.6. The van der Waals surface area contributed by atoms with E-state index in [1.54, 1.807) is 12.1 Å². The molecule has 0 atom stereocenters. The van der Waals surface area contributed by atoms with Crippen molar-refractivity contribution < 1.29 is 4.39 Å². The molecule has 2 N–H and O–H groups in total. The Labute approximate surface area is 153 Å². The SMILES string of the molecule is CCc1ccc(N2CCc3[nH]c4cc(F)ccc4c3C2)cc1NN(C)C. The predicted molar refractivity (Wildman–Crippen MR) is 106 cm³/mol. The first-order valence-corrected chi connectivity index (χ1v) is 9.16. The number of benzene rings is 2. The van der Waals surface area contributed by atoms with Crippen LogP contribution in [0.1, 0.15) is 23.7 Å². The van der Waals surface area contributed by atoms with Crippen LogP contribution in [0.25, 0.3) is 10.9 Å². The minimum Gasteiger partial charge on any atom is -0.367 e. The number of anilines is 2. The first-order chi connectivity index (χ1) is 12.5. The van der Waals surface area contributed by atoms with Crippen LogP contribution in [0.5, 0.6) is 0 Å². The number of fused-ring (bicyclic) bond motifs is 3. The van der Waals surface area contributed by atoms with Gasteiger partial charge in [0.1, 0.15) is 5.82 Å². The van der Waals surface area contributed by atoms with Crippen LogP contribution in [0.15, 0.2) is 36.4 Å². The smallest absolute Gasteiger partial charge is 0.125 e. The second kappa shape index (κ2) is 6.65. The van der Waals surface area contributed by atoms with Crippen molar-refractivity contribution in [1.29, 1.82) is 0 Å². The highest BCUT2D eigenvalue weighted by Crippen LogP contribution is 2.32. The maximum Gasteiger partial charge on any atom is 0.125 e. The third-order valence-corrected chi connectivity index (χ3v) is 5.12. The van der Waals surface area contributed by atoms with Gasteiger partial charge in [0.05, 0.1) is 5.69 Å². The summed E-state index contributed by atoms with van der Waals surface area (Å²) >= 11 is 0. The fraction of sp³-hybridized carbons (Fsp3) is 0.333. The standard InChI is InChI=1S/C21H25FN4/c1-4-14-5-7-16(12-20(14)24-25(2)3)26-10-9-19-18(13-26)17-8-6-15(22)11-21(17)23-19/h5-8,11-12,23-24H,4,9-10,13H2,1-3H3. The maximum atomic E-state index is 13.5. The van der Waals surface area contributed by atoms with E-state index in [-0.39, 0.29) is 5.82 Å². The van der Waals surface area contributed by atoms with Crippen LogP contribution in [0.3, 0.4) is 0 Å². The molecule has 0 unspecified atom stereocenters. The van der Waals surface area contributed by atoms with Gasteiger partial charge in [0.15, 0.2) is 0 Å². The number of aromatic amines is 1. The molecule has 4 nitrogen and oxygen atoms in total. The summed E-state index contributed by atoms with van der Waals surface area (Å²) in [7, 11) is 4.01. The minimum atomic E-state index is -0.192. The molecule has 4 rings (SSSR count). The fourth-order valence-electron chi connectivity index (χ4n) is 3.83. The number of aromatic nitrogens is 1. The van der Waals surface area contributed by atoms with E-state index in [0.29, 0.717) is 0 Å². The zero-order chi connectivity index (χ0) is 18.3. The van der Waals surface area contributed by atoms with Gasteiger partial charge in [0, 0.05) is 61.5 Å². The summed E-state index contributed by atoms with van der Waals surface area (Å²) < 4.78 is 13.5. The summed E-state index contributed by atoms with van der Waals surface area (Å²) in [6.07, 6.45) is 1.94. The van der Waals surface area contributed by atoms with E-state index >= 15 is 0 Å². The van der Waals surface area contributed by atoms with Crippen LogP contribution < -0.4 is 10.3 Å². The molecule has 1 aromatic heterocycles. The van der Waals surface area contributed by atoms with E-state index in [0.717, 1.165) is 42.5 Å². The van der Waals surface area contributed by atoms with Gasteiger partial charge >= 0.3 is 0 Å². The molecule has 2 heterocycles. The van der Waals surface area contributed by atoms with Crippen molar-refractivity contribution in [2.45, 2.75) is 26.3 Å². The lowest BCUT2D eigenvalue weighted by atomic mass is 10.0. The van der Waals surface area contributed by atoms with Gasteiger partial charge in [0.2, 0.25) is 0 Å². The topological polar surface area (TPSA) is 34.3 Å². The average Bonchev–Trinajstić information content (AvgIpc) is 2.97. The number of hydrogen-bond acceptors (Lipinski definition) is 3. The Bertz CT molecular complexity index is 945. The Kier molecular flexibility index (Phi) is 4.32. The number of hydrazine groups is 1. The van der Waals surface area contributed by atoms with Gasteiger partial charge < -0.3 is 15.3 Å². The van der Waals surface area contributed by atoms with Gasteiger partial charge in [0.25, 0.3) is 0 Å². The monoisotopic (exact) mass is 352 g/mol. The molecule has 0 amide bonds. The van der Waals surface area contributed by atoms with Crippen LogP contribution in [-0.2, 0) is 19.4 Å². The molecule has 0 spiro atoms. The van der Waals surface area contributed by atoms with E-state index in [2.05, 4.69) is 40.4 Å². The Balaban J connectivity index is 1.67. The van der Waals surface area contributed by atoms with Gasteiger partial charge in [-0.15, -0.1) is 0 Å². The summed E-state index contributed by atoms with van der Waals surface area (Å²) in [5.74, 6) is -0.192. The number of halogens is 1. The first kappa shape index (κ1) is 16.9. The molecule has 26 heavy (non-hydrogen) atoms. The van der Waals surface area contributed by atoms with Gasteiger partial charge in [-0.1, -0.05) is 13.0 Å². The number of rotatable bonds is 4. The summed E-state index contributed by atoms with van der Waals surface area (Å²) in [6, 6.07) is 11.7. The largest absolute Gasteiger partial charge is 0.367 e. The Hall–Kier alpha value is -2.53. The lowest BCUT2D eigenvalue weighted by molar-refractivity contribution is 0.494. The third kappa shape index (κ3) is 3.03. The van der Waals surface area contributed by atoms with E-state index < -0.39 is 0 Å². The number of nitrogens with one attached hydrogen (secondary N) is 2.